The number of rotatable bonds is 6. The molecule has 3 rings (SSSR count). The van der Waals surface area contributed by atoms with Crippen LogP contribution in [0.4, 0.5) is 0 Å². The Labute approximate surface area is 141 Å². The van der Waals surface area contributed by atoms with E-state index in [0.29, 0.717) is 0 Å². The lowest BCUT2D eigenvalue weighted by molar-refractivity contribution is -0.126. The second-order valence-electron chi connectivity index (χ2n) is 6.01. The van der Waals surface area contributed by atoms with Crippen molar-refractivity contribution in [3.8, 4) is 0 Å². The molecule has 0 fully saturated rings. The van der Waals surface area contributed by atoms with Gasteiger partial charge in [-0.25, -0.2) is 4.98 Å². The van der Waals surface area contributed by atoms with Crippen molar-refractivity contribution in [2.75, 3.05) is 5.75 Å². The third-order valence-corrected chi connectivity index (χ3v) is 5.55. The van der Waals surface area contributed by atoms with Gasteiger partial charge in [0.2, 0.25) is 5.91 Å². The molecule has 0 saturated heterocycles. The number of thioether (sulfide) groups is 1. The summed E-state index contributed by atoms with van der Waals surface area (Å²) in [7, 11) is 0. The maximum absolute atomic E-state index is 12.6. The molecule has 1 aliphatic heterocycles. The maximum atomic E-state index is 12.6. The van der Waals surface area contributed by atoms with Crippen LogP contribution in [-0.2, 0) is 17.8 Å². The Morgan fingerprint density at radius 2 is 2.26 bits per heavy atom. The van der Waals surface area contributed by atoms with Crippen molar-refractivity contribution in [1.29, 1.82) is 0 Å². The smallest absolute Gasteiger partial charge is 0.223 e. The highest BCUT2D eigenvalue weighted by atomic mass is 32.2. The van der Waals surface area contributed by atoms with Gasteiger partial charge in [-0.2, -0.15) is 0 Å². The third kappa shape index (κ3) is 4.16. The highest BCUT2D eigenvalue weighted by Crippen LogP contribution is 2.22. The van der Waals surface area contributed by atoms with Gasteiger partial charge in [0.1, 0.15) is 0 Å². The molecule has 0 spiro atoms. The minimum Gasteiger partial charge on any atom is -0.352 e. The average Bonchev–Trinajstić information content (AvgIpc) is 3.07. The quantitative estimate of drug-likeness (QED) is 0.828. The predicted molar refractivity (Wildman–Crippen MR) is 93.4 cm³/mol. The zero-order valence-corrected chi connectivity index (χ0v) is 14.3. The number of hydrogen-bond acceptors (Lipinski definition) is 3. The van der Waals surface area contributed by atoms with Crippen molar-refractivity contribution in [2.45, 2.75) is 43.7 Å². The number of benzene rings is 1. The first kappa shape index (κ1) is 16.1. The van der Waals surface area contributed by atoms with Crippen LogP contribution in [0.25, 0.3) is 0 Å². The summed E-state index contributed by atoms with van der Waals surface area (Å²) in [6.45, 7) is 3.02. The molecule has 0 saturated carbocycles. The molecular formula is C18H23N3OS. The molecule has 2 heterocycles. The second-order valence-corrected chi connectivity index (χ2v) is 7.10. The molecule has 5 heteroatoms. The number of fused-ring (bicyclic) bond motifs is 1. The molecule has 2 atom stereocenters. The summed E-state index contributed by atoms with van der Waals surface area (Å²) in [5.74, 6) is 1.18. The lowest BCUT2D eigenvalue weighted by Crippen LogP contribution is -2.42. The minimum atomic E-state index is 0.0787. The van der Waals surface area contributed by atoms with E-state index in [1.807, 2.05) is 30.7 Å². The van der Waals surface area contributed by atoms with Gasteiger partial charge in [-0.1, -0.05) is 25.1 Å². The highest BCUT2D eigenvalue weighted by molar-refractivity contribution is 7.99. The Bertz CT molecular complexity index is 641. The highest BCUT2D eigenvalue weighted by Gasteiger charge is 2.26. The number of carbonyl (C=O) groups excluding carboxylic acids is 1. The van der Waals surface area contributed by atoms with Gasteiger partial charge in [-0.3, -0.25) is 4.79 Å². The van der Waals surface area contributed by atoms with Gasteiger partial charge in [-0.05, 0) is 25.0 Å². The molecule has 122 valence electrons. The van der Waals surface area contributed by atoms with Crippen molar-refractivity contribution in [3.63, 3.8) is 0 Å². The van der Waals surface area contributed by atoms with E-state index in [1.54, 1.807) is 11.8 Å². The summed E-state index contributed by atoms with van der Waals surface area (Å²) in [6, 6.07) is 10.6. The van der Waals surface area contributed by atoms with Crippen LogP contribution in [0.2, 0.25) is 0 Å². The fraction of sp³-hybridized carbons (Fsp3) is 0.444. The molecule has 2 aromatic rings. The Morgan fingerprint density at radius 3 is 3.04 bits per heavy atom. The summed E-state index contributed by atoms with van der Waals surface area (Å²) < 4.78 is 2.15. The Morgan fingerprint density at radius 1 is 1.43 bits per heavy atom. The average molecular weight is 329 g/mol. The summed E-state index contributed by atoms with van der Waals surface area (Å²) in [5.41, 5.74) is 1.17. The molecule has 1 aromatic carbocycles. The lowest BCUT2D eigenvalue weighted by atomic mass is 9.95. The van der Waals surface area contributed by atoms with E-state index in [9.17, 15) is 4.79 Å². The van der Waals surface area contributed by atoms with E-state index in [-0.39, 0.29) is 17.9 Å². The molecular weight excluding hydrogens is 306 g/mol. The number of nitrogens with zero attached hydrogens (tertiary/aromatic N) is 2. The first-order valence-corrected chi connectivity index (χ1v) is 9.22. The Balaban J connectivity index is 1.51. The summed E-state index contributed by atoms with van der Waals surface area (Å²) in [5, 5.41) is 3.24. The molecule has 0 bridgehead atoms. The molecule has 1 aliphatic rings. The molecule has 0 radical (unpaired) electrons. The normalized spacial score (nSPS) is 18.2. The Hall–Kier alpha value is -1.75. The number of hydrogen-bond donors (Lipinski definition) is 1. The van der Waals surface area contributed by atoms with Crippen molar-refractivity contribution < 1.29 is 4.79 Å². The van der Waals surface area contributed by atoms with Gasteiger partial charge in [0.25, 0.3) is 0 Å². The second kappa shape index (κ2) is 7.68. The van der Waals surface area contributed by atoms with Crippen LogP contribution in [0.5, 0.6) is 0 Å². The van der Waals surface area contributed by atoms with Gasteiger partial charge in [0.05, 0.1) is 6.33 Å². The van der Waals surface area contributed by atoms with Crippen molar-refractivity contribution >= 4 is 17.7 Å². The number of nitrogens with one attached hydrogen (secondary N) is 1. The molecule has 23 heavy (non-hydrogen) atoms. The van der Waals surface area contributed by atoms with E-state index in [4.69, 9.17) is 0 Å². The number of aromatic nitrogens is 2. The molecule has 1 aromatic heterocycles. The van der Waals surface area contributed by atoms with Gasteiger partial charge in [0.15, 0.2) is 0 Å². The Kier molecular flexibility index (Phi) is 5.39. The lowest BCUT2D eigenvalue weighted by Gasteiger charge is -2.25. The van der Waals surface area contributed by atoms with E-state index in [2.05, 4.69) is 33.9 Å². The van der Waals surface area contributed by atoms with E-state index < -0.39 is 0 Å². The van der Waals surface area contributed by atoms with Crippen molar-refractivity contribution in [1.82, 2.24) is 14.9 Å². The van der Waals surface area contributed by atoms with E-state index in [0.717, 1.165) is 31.6 Å². The maximum Gasteiger partial charge on any atom is 0.223 e. The van der Waals surface area contributed by atoms with E-state index in [1.165, 1.54) is 10.6 Å². The summed E-state index contributed by atoms with van der Waals surface area (Å²) >= 11 is 1.80. The predicted octanol–water partition coefficient (Wildman–Crippen LogP) is 3.13. The summed E-state index contributed by atoms with van der Waals surface area (Å²) in [4.78, 5) is 18.0. The molecule has 0 aliphatic carbocycles. The van der Waals surface area contributed by atoms with Crippen LogP contribution in [-0.4, -0.2) is 27.3 Å². The SMILES string of the molecule is CCC(CSc1ccccc1)NC(=O)C1CCn2cncc2C1. The minimum absolute atomic E-state index is 0.0787. The van der Waals surface area contributed by atoms with Gasteiger partial charge in [0, 0.05) is 47.5 Å². The van der Waals surface area contributed by atoms with Gasteiger partial charge >= 0.3 is 0 Å². The monoisotopic (exact) mass is 329 g/mol. The van der Waals surface area contributed by atoms with Gasteiger partial charge in [-0.15, -0.1) is 11.8 Å². The number of imidazole rings is 1. The van der Waals surface area contributed by atoms with Crippen LogP contribution in [0, 0.1) is 5.92 Å². The molecule has 2 unspecified atom stereocenters. The van der Waals surface area contributed by atoms with Crippen LogP contribution < -0.4 is 5.32 Å². The first-order chi connectivity index (χ1) is 11.3. The number of carbonyl (C=O) groups is 1. The fourth-order valence-electron chi connectivity index (χ4n) is 2.89. The van der Waals surface area contributed by atoms with Crippen LogP contribution in [0.1, 0.15) is 25.5 Å². The summed E-state index contributed by atoms with van der Waals surface area (Å²) in [6.07, 6.45) is 6.39. The van der Waals surface area contributed by atoms with Crippen LogP contribution in [0.3, 0.4) is 0 Å². The fourth-order valence-corrected chi connectivity index (χ4v) is 3.95. The third-order valence-electron chi connectivity index (χ3n) is 4.38. The van der Waals surface area contributed by atoms with Crippen molar-refractivity contribution in [2.24, 2.45) is 5.92 Å². The van der Waals surface area contributed by atoms with Gasteiger partial charge < -0.3 is 9.88 Å². The topological polar surface area (TPSA) is 46.9 Å². The molecule has 1 N–H and O–H groups in total. The van der Waals surface area contributed by atoms with Crippen LogP contribution in [0.15, 0.2) is 47.8 Å². The largest absolute Gasteiger partial charge is 0.352 e. The number of aryl methyl sites for hydroxylation is 1. The van der Waals surface area contributed by atoms with Crippen molar-refractivity contribution in [3.05, 3.63) is 48.5 Å². The zero-order chi connectivity index (χ0) is 16.1. The molecule has 1 amide bonds. The first-order valence-electron chi connectivity index (χ1n) is 8.23. The number of amides is 1. The zero-order valence-electron chi connectivity index (χ0n) is 13.4. The molecule has 4 nitrogen and oxygen atoms in total. The van der Waals surface area contributed by atoms with E-state index >= 15 is 0 Å². The van der Waals surface area contributed by atoms with Crippen LogP contribution >= 0.6 is 11.8 Å². The standard InChI is InChI=1S/C18H23N3OS/c1-2-15(12-23-17-6-4-3-5-7-17)20-18(22)14-8-9-21-13-19-11-16(21)10-14/h3-7,11,13-15H,2,8-10,12H2,1H3,(H,20,22).